The van der Waals surface area contributed by atoms with Crippen molar-refractivity contribution >= 4 is 5.69 Å². The van der Waals surface area contributed by atoms with E-state index in [1.165, 1.54) is 11.3 Å². The first-order chi connectivity index (χ1) is 7.49. The standard InChI is InChI=1S/C14H22N2/c1-11(2)12-6-4-5-7-13(12)16-9-8-14(3,15)10-16/h4-7,11H,8-10,15H2,1-3H3. The van der Waals surface area contributed by atoms with Crippen molar-refractivity contribution in [1.29, 1.82) is 0 Å². The molecule has 1 atom stereocenters. The Labute approximate surface area is 98.4 Å². The summed E-state index contributed by atoms with van der Waals surface area (Å²) < 4.78 is 0. The van der Waals surface area contributed by atoms with Crippen molar-refractivity contribution in [2.75, 3.05) is 18.0 Å². The summed E-state index contributed by atoms with van der Waals surface area (Å²) in [5, 5.41) is 0. The van der Waals surface area contributed by atoms with Crippen molar-refractivity contribution < 1.29 is 0 Å². The van der Waals surface area contributed by atoms with Crippen LogP contribution in [0.4, 0.5) is 5.69 Å². The fourth-order valence-corrected chi connectivity index (χ4v) is 2.45. The molecule has 2 nitrogen and oxygen atoms in total. The van der Waals surface area contributed by atoms with Crippen molar-refractivity contribution in [2.45, 2.75) is 38.6 Å². The van der Waals surface area contributed by atoms with Crippen LogP contribution in [-0.2, 0) is 0 Å². The van der Waals surface area contributed by atoms with Gasteiger partial charge in [-0.3, -0.25) is 0 Å². The Kier molecular flexibility index (Phi) is 2.94. The maximum absolute atomic E-state index is 6.19. The molecule has 88 valence electrons. The molecule has 0 aromatic heterocycles. The monoisotopic (exact) mass is 218 g/mol. The van der Waals surface area contributed by atoms with Crippen molar-refractivity contribution in [2.24, 2.45) is 5.73 Å². The van der Waals surface area contributed by atoms with Crippen molar-refractivity contribution in [3.8, 4) is 0 Å². The topological polar surface area (TPSA) is 29.3 Å². The molecule has 1 saturated heterocycles. The first-order valence-electron chi connectivity index (χ1n) is 6.12. The van der Waals surface area contributed by atoms with E-state index in [9.17, 15) is 0 Å². The predicted molar refractivity (Wildman–Crippen MR) is 70.0 cm³/mol. The van der Waals surface area contributed by atoms with Gasteiger partial charge in [0.05, 0.1) is 0 Å². The first-order valence-corrected chi connectivity index (χ1v) is 6.12. The number of rotatable bonds is 2. The van der Waals surface area contributed by atoms with Gasteiger partial charge in [0, 0.05) is 24.3 Å². The number of hydrogen-bond acceptors (Lipinski definition) is 2. The van der Waals surface area contributed by atoms with Crippen LogP contribution >= 0.6 is 0 Å². The zero-order valence-corrected chi connectivity index (χ0v) is 10.5. The van der Waals surface area contributed by atoms with Gasteiger partial charge in [-0.25, -0.2) is 0 Å². The third-order valence-corrected chi connectivity index (χ3v) is 3.40. The zero-order valence-electron chi connectivity index (χ0n) is 10.5. The summed E-state index contributed by atoms with van der Waals surface area (Å²) >= 11 is 0. The highest BCUT2D eigenvalue weighted by Crippen LogP contribution is 2.31. The van der Waals surface area contributed by atoms with Crippen molar-refractivity contribution in [3.63, 3.8) is 0 Å². The van der Waals surface area contributed by atoms with Crippen LogP contribution in [0.5, 0.6) is 0 Å². The average molecular weight is 218 g/mol. The van der Waals surface area contributed by atoms with Gasteiger partial charge < -0.3 is 10.6 Å². The van der Waals surface area contributed by atoms with Crippen LogP contribution in [0.2, 0.25) is 0 Å². The number of nitrogens with two attached hydrogens (primary N) is 1. The van der Waals surface area contributed by atoms with Gasteiger partial charge in [0.25, 0.3) is 0 Å². The molecule has 1 unspecified atom stereocenters. The smallest absolute Gasteiger partial charge is 0.0402 e. The first kappa shape index (κ1) is 11.5. The van der Waals surface area contributed by atoms with Gasteiger partial charge >= 0.3 is 0 Å². The van der Waals surface area contributed by atoms with Gasteiger partial charge in [-0.2, -0.15) is 0 Å². The largest absolute Gasteiger partial charge is 0.369 e. The third kappa shape index (κ3) is 2.22. The number of benzene rings is 1. The molecule has 1 fully saturated rings. The van der Waals surface area contributed by atoms with Crippen LogP contribution in [0.3, 0.4) is 0 Å². The zero-order chi connectivity index (χ0) is 11.8. The van der Waals surface area contributed by atoms with Crippen LogP contribution in [0.15, 0.2) is 24.3 Å². The van der Waals surface area contributed by atoms with Gasteiger partial charge in [0.2, 0.25) is 0 Å². The Morgan fingerprint density at radius 1 is 1.31 bits per heavy atom. The number of hydrogen-bond donors (Lipinski definition) is 1. The van der Waals surface area contributed by atoms with Gasteiger partial charge in [-0.1, -0.05) is 32.0 Å². The maximum Gasteiger partial charge on any atom is 0.0402 e. The van der Waals surface area contributed by atoms with E-state index >= 15 is 0 Å². The summed E-state index contributed by atoms with van der Waals surface area (Å²) in [5.74, 6) is 0.570. The third-order valence-electron chi connectivity index (χ3n) is 3.40. The minimum absolute atomic E-state index is 0.0237. The highest BCUT2D eigenvalue weighted by atomic mass is 15.2. The van der Waals surface area contributed by atoms with Gasteiger partial charge in [-0.05, 0) is 30.9 Å². The van der Waals surface area contributed by atoms with Crippen LogP contribution in [0.25, 0.3) is 0 Å². The van der Waals surface area contributed by atoms with E-state index in [0.717, 1.165) is 19.5 Å². The molecular weight excluding hydrogens is 196 g/mol. The summed E-state index contributed by atoms with van der Waals surface area (Å²) in [6.45, 7) is 8.69. The molecule has 0 aliphatic carbocycles. The molecule has 2 heteroatoms. The maximum atomic E-state index is 6.19. The number of nitrogens with zero attached hydrogens (tertiary/aromatic N) is 1. The van der Waals surface area contributed by atoms with Gasteiger partial charge in [-0.15, -0.1) is 0 Å². The highest BCUT2D eigenvalue weighted by molar-refractivity contribution is 5.56. The van der Waals surface area contributed by atoms with E-state index in [0.29, 0.717) is 5.92 Å². The summed E-state index contributed by atoms with van der Waals surface area (Å²) in [6.07, 6.45) is 1.08. The van der Waals surface area contributed by atoms with E-state index in [4.69, 9.17) is 5.73 Å². The van der Waals surface area contributed by atoms with Crippen molar-refractivity contribution in [3.05, 3.63) is 29.8 Å². The summed E-state index contributed by atoms with van der Waals surface area (Å²) in [4.78, 5) is 2.43. The lowest BCUT2D eigenvalue weighted by Crippen LogP contribution is -2.39. The molecule has 0 saturated carbocycles. The SMILES string of the molecule is CC(C)c1ccccc1N1CCC(C)(N)C1. The quantitative estimate of drug-likeness (QED) is 0.827. The molecule has 16 heavy (non-hydrogen) atoms. The Morgan fingerprint density at radius 2 is 2.00 bits per heavy atom. The minimum atomic E-state index is -0.0237. The molecule has 0 radical (unpaired) electrons. The van der Waals surface area contributed by atoms with Crippen molar-refractivity contribution in [1.82, 2.24) is 0 Å². The minimum Gasteiger partial charge on any atom is -0.369 e. The van der Waals surface area contributed by atoms with Crippen LogP contribution in [0, 0.1) is 0 Å². The lowest BCUT2D eigenvalue weighted by Gasteiger charge is -2.25. The second kappa shape index (κ2) is 4.10. The van der Waals surface area contributed by atoms with Crippen LogP contribution < -0.4 is 10.6 Å². The number of para-hydroxylation sites is 1. The normalized spacial score (nSPS) is 25.4. The average Bonchev–Trinajstić information content (AvgIpc) is 2.59. The molecular formula is C14H22N2. The molecule has 1 aliphatic heterocycles. The summed E-state index contributed by atoms with van der Waals surface area (Å²) in [6, 6.07) is 8.69. The fraction of sp³-hybridized carbons (Fsp3) is 0.571. The van der Waals surface area contributed by atoms with Gasteiger partial charge in [0.15, 0.2) is 0 Å². The lowest BCUT2D eigenvalue weighted by atomic mass is 10.0. The number of anilines is 1. The Hall–Kier alpha value is -1.02. The Morgan fingerprint density at radius 3 is 2.56 bits per heavy atom. The van der Waals surface area contributed by atoms with E-state index in [1.807, 2.05) is 0 Å². The Bertz CT molecular complexity index is 369. The van der Waals surface area contributed by atoms with E-state index in [-0.39, 0.29) is 5.54 Å². The second-order valence-electron chi connectivity index (χ2n) is 5.54. The van der Waals surface area contributed by atoms with E-state index in [1.54, 1.807) is 0 Å². The van der Waals surface area contributed by atoms with E-state index < -0.39 is 0 Å². The highest BCUT2D eigenvalue weighted by Gasteiger charge is 2.30. The van der Waals surface area contributed by atoms with E-state index in [2.05, 4.69) is 49.9 Å². The molecule has 0 amide bonds. The molecule has 1 aromatic rings. The molecule has 0 bridgehead atoms. The van der Waals surface area contributed by atoms with Gasteiger partial charge in [0.1, 0.15) is 0 Å². The summed E-state index contributed by atoms with van der Waals surface area (Å²) in [7, 11) is 0. The predicted octanol–water partition coefficient (Wildman–Crippen LogP) is 2.74. The Balaban J connectivity index is 2.28. The summed E-state index contributed by atoms with van der Waals surface area (Å²) in [5.41, 5.74) is 8.96. The molecule has 2 N–H and O–H groups in total. The lowest BCUT2D eigenvalue weighted by molar-refractivity contribution is 0.525. The van der Waals surface area contributed by atoms with Crippen LogP contribution in [-0.4, -0.2) is 18.6 Å². The fourth-order valence-electron chi connectivity index (χ4n) is 2.45. The molecule has 1 aliphatic rings. The second-order valence-corrected chi connectivity index (χ2v) is 5.54. The molecule has 1 aromatic carbocycles. The molecule has 0 spiro atoms. The molecule has 2 rings (SSSR count). The molecule has 1 heterocycles. The van der Waals surface area contributed by atoms with Crippen LogP contribution in [0.1, 0.15) is 38.7 Å².